The Morgan fingerprint density at radius 3 is 2.29 bits per heavy atom. The molecule has 7 heteroatoms. The van der Waals surface area contributed by atoms with Crippen LogP contribution >= 0.6 is 0 Å². The zero-order valence-corrected chi connectivity index (χ0v) is 20.2. The van der Waals surface area contributed by atoms with Crippen LogP contribution in [0.5, 0.6) is 0 Å². The first-order chi connectivity index (χ1) is 17.0. The summed E-state index contributed by atoms with van der Waals surface area (Å²) in [4.78, 5) is 36.5. The second-order valence-corrected chi connectivity index (χ2v) is 9.64. The molecule has 4 rings (SSSR count). The minimum Gasteiger partial charge on any atom is -0.481 e. The van der Waals surface area contributed by atoms with Gasteiger partial charge in [-0.25, -0.2) is 4.79 Å². The van der Waals surface area contributed by atoms with Gasteiger partial charge in [0.1, 0.15) is 6.61 Å². The zero-order valence-electron chi connectivity index (χ0n) is 20.2. The maximum Gasteiger partial charge on any atom is 0.407 e. The number of carbonyl (C=O) groups excluding carboxylic acids is 2. The molecule has 0 radical (unpaired) electrons. The summed E-state index contributed by atoms with van der Waals surface area (Å²) in [6, 6.07) is 16.1. The number of fused-ring (bicyclic) bond motifs is 3. The van der Waals surface area contributed by atoms with E-state index in [1.807, 2.05) is 24.3 Å². The van der Waals surface area contributed by atoms with E-state index in [-0.39, 0.29) is 30.4 Å². The number of nitrogens with one attached hydrogen (secondary N) is 2. The average Bonchev–Trinajstić information content (AvgIpc) is 3.19. The van der Waals surface area contributed by atoms with Crippen LogP contribution in [0, 0.1) is 11.8 Å². The van der Waals surface area contributed by atoms with Crippen molar-refractivity contribution in [1.29, 1.82) is 0 Å². The third-order valence-corrected chi connectivity index (χ3v) is 7.28. The van der Waals surface area contributed by atoms with Gasteiger partial charge in [0.05, 0.1) is 11.8 Å². The highest BCUT2D eigenvalue weighted by Crippen LogP contribution is 2.44. The van der Waals surface area contributed by atoms with E-state index >= 15 is 0 Å². The molecule has 0 heterocycles. The fourth-order valence-corrected chi connectivity index (χ4v) is 5.28. The van der Waals surface area contributed by atoms with E-state index in [0.29, 0.717) is 25.8 Å². The van der Waals surface area contributed by atoms with E-state index in [1.54, 1.807) is 6.92 Å². The second kappa shape index (κ2) is 11.4. The first-order valence-corrected chi connectivity index (χ1v) is 12.6. The van der Waals surface area contributed by atoms with Crippen molar-refractivity contribution < 1.29 is 24.2 Å². The molecule has 1 unspecified atom stereocenters. The summed E-state index contributed by atoms with van der Waals surface area (Å²) in [6.07, 6.45) is 3.97. The van der Waals surface area contributed by atoms with Crippen LogP contribution in [0.15, 0.2) is 48.5 Å². The molecule has 35 heavy (non-hydrogen) atoms. The van der Waals surface area contributed by atoms with Crippen molar-refractivity contribution >= 4 is 18.0 Å². The lowest BCUT2D eigenvalue weighted by molar-refractivity contribution is -0.141. The Bertz CT molecular complexity index is 1020. The standard InChI is InChI=1S/C28H34N2O5/c1-18(27(32)33)9-8-16-29-26(31)23-14-6-7-15-25(23)30-28(34)35-17-24-21-12-4-2-10-19(21)20-11-3-5-13-22(20)24/h2-5,10-13,18,23-25H,6-9,14-17H2,1H3,(H,29,31)(H,30,34)(H,32,33)/t18?,23-,25+/m0/s1. The lowest BCUT2D eigenvalue weighted by Crippen LogP contribution is -2.48. The van der Waals surface area contributed by atoms with E-state index in [9.17, 15) is 14.4 Å². The van der Waals surface area contributed by atoms with Crippen molar-refractivity contribution in [3.63, 3.8) is 0 Å². The summed E-state index contributed by atoms with van der Waals surface area (Å²) >= 11 is 0. The van der Waals surface area contributed by atoms with E-state index in [0.717, 1.165) is 30.4 Å². The molecular weight excluding hydrogens is 444 g/mol. The Hall–Kier alpha value is -3.35. The molecule has 7 nitrogen and oxygen atoms in total. The monoisotopic (exact) mass is 478 g/mol. The quantitative estimate of drug-likeness (QED) is 0.453. The van der Waals surface area contributed by atoms with Crippen molar-refractivity contribution in [3.05, 3.63) is 59.7 Å². The highest BCUT2D eigenvalue weighted by molar-refractivity contribution is 5.81. The number of carboxylic acids is 1. The van der Waals surface area contributed by atoms with E-state index < -0.39 is 18.0 Å². The molecule has 2 amide bonds. The number of carboxylic acid groups (broad SMARTS) is 1. The number of amides is 2. The van der Waals surface area contributed by atoms with Gasteiger partial charge in [-0.05, 0) is 47.9 Å². The van der Waals surface area contributed by atoms with E-state index in [4.69, 9.17) is 9.84 Å². The van der Waals surface area contributed by atoms with Gasteiger partial charge in [-0.1, -0.05) is 68.3 Å². The predicted octanol–water partition coefficient (Wildman–Crippen LogP) is 4.70. The molecular formula is C28H34N2O5. The van der Waals surface area contributed by atoms with Crippen molar-refractivity contribution in [2.75, 3.05) is 13.2 Å². The molecule has 0 saturated heterocycles. The van der Waals surface area contributed by atoms with Gasteiger partial charge in [-0.3, -0.25) is 9.59 Å². The number of rotatable bonds is 9. The Balaban J connectivity index is 1.30. The molecule has 0 aliphatic heterocycles. The summed E-state index contributed by atoms with van der Waals surface area (Å²) in [7, 11) is 0. The molecule has 2 aromatic rings. The summed E-state index contributed by atoms with van der Waals surface area (Å²) in [5, 5.41) is 14.9. The second-order valence-electron chi connectivity index (χ2n) is 9.64. The van der Waals surface area contributed by atoms with Gasteiger partial charge >= 0.3 is 12.1 Å². The number of alkyl carbamates (subject to hydrolysis) is 1. The highest BCUT2D eigenvalue weighted by atomic mass is 16.5. The van der Waals surface area contributed by atoms with Crippen LogP contribution in [0.25, 0.3) is 11.1 Å². The maximum absolute atomic E-state index is 12.8. The van der Waals surface area contributed by atoms with Crippen molar-refractivity contribution in [2.24, 2.45) is 11.8 Å². The van der Waals surface area contributed by atoms with Crippen molar-refractivity contribution in [2.45, 2.75) is 57.4 Å². The normalized spacial score (nSPS) is 19.8. The average molecular weight is 479 g/mol. The molecule has 3 atom stereocenters. The van der Waals surface area contributed by atoms with Gasteiger partial charge < -0.3 is 20.5 Å². The van der Waals surface area contributed by atoms with Gasteiger partial charge in [-0.15, -0.1) is 0 Å². The Morgan fingerprint density at radius 2 is 1.63 bits per heavy atom. The number of hydrogen-bond acceptors (Lipinski definition) is 4. The fourth-order valence-electron chi connectivity index (χ4n) is 5.28. The third-order valence-electron chi connectivity index (χ3n) is 7.28. The minimum absolute atomic E-state index is 0.00760. The zero-order chi connectivity index (χ0) is 24.8. The van der Waals surface area contributed by atoms with Crippen LogP contribution in [-0.2, 0) is 14.3 Å². The lowest BCUT2D eigenvalue weighted by Gasteiger charge is -2.31. The van der Waals surface area contributed by atoms with Crippen molar-refractivity contribution in [1.82, 2.24) is 10.6 Å². The minimum atomic E-state index is -0.823. The van der Waals surface area contributed by atoms with Crippen LogP contribution in [0.3, 0.4) is 0 Å². The number of carbonyl (C=O) groups is 3. The van der Waals surface area contributed by atoms with Crippen LogP contribution in [0.1, 0.15) is 62.5 Å². The highest BCUT2D eigenvalue weighted by Gasteiger charge is 2.33. The molecule has 2 aromatic carbocycles. The van der Waals surface area contributed by atoms with Gasteiger partial charge in [0.15, 0.2) is 0 Å². The maximum atomic E-state index is 12.8. The summed E-state index contributed by atoms with van der Waals surface area (Å²) in [5.74, 6) is -1.65. The molecule has 1 saturated carbocycles. The largest absolute Gasteiger partial charge is 0.481 e. The van der Waals surface area contributed by atoms with Crippen LogP contribution in [0.2, 0.25) is 0 Å². The van der Waals surface area contributed by atoms with Gasteiger partial charge in [0.25, 0.3) is 0 Å². The molecule has 2 aliphatic rings. The Labute approximate surface area is 206 Å². The molecule has 2 aliphatic carbocycles. The summed E-state index contributed by atoms with van der Waals surface area (Å²) < 4.78 is 5.68. The van der Waals surface area contributed by atoms with E-state index in [2.05, 4.69) is 34.9 Å². The topological polar surface area (TPSA) is 105 Å². The molecule has 0 spiro atoms. The van der Waals surface area contributed by atoms with E-state index in [1.165, 1.54) is 11.1 Å². The number of ether oxygens (including phenoxy) is 1. The first-order valence-electron chi connectivity index (χ1n) is 12.6. The Morgan fingerprint density at radius 1 is 1.00 bits per heavy atom. The molecule has 186 valence electrons. The van der Waals surface area contributed by atoms with Gasteiger partial charge in [0, 0.05) is 18.5 Å². The molecule has 1 fully saturated rings. The first kappa shape index (κ1) is 24.8. The Kier molecular flexibility index (Phi) is 8.06. The predicted molar refractivity (Wildman–Crippen MR) is 133 cm³/mol. The smallest absolute Gasteiger partial charge is 0.407 e. The van der Waals surface area contributed by atoms with Crippen LogP contribution in [0.4, 0.5) is 4.79 Å². The van der Waals surface area contributed by atoms with Gasteiger partial charge in [-0.2, -0.15) is 0 Å². The van der Waals surface area contributed by atoms with Crippen molar-refractivity contribution in [3.8, 4) is 11.1 Å². The number of benzene rings is 2. The molecule has 0 bridgehead atoms. The molecule has 3 N–H and O–H groups in total. The summed E-state index contributed by atoms with van der Waals surface area (Å²) in [6.45, 7) is 2.34. The summed E-state index contributed by atoms with van der Waals surface area (Å²) in [5.41, 5.74) is 4.68. The third kappa shape index (κ3) is 5.84. The number of aliphatic carboxylic acids is 1. The number of hydrogen-bond donors (Lipinski definition) is 3. The fraction of sp³-hybridized carbons (Fsp3) is 0.464. The van der Waals surface area contributed by atoms with Crippen LogP contribution in [-0.4, -0.2) is 42.3 Å². The lowest BCUT2D eigenvalue weighted by atomic mass is 9.84. The van der Waals surface area contributed by atoms with Gasteiger partial charge in [0.2, 0.25) is 5.91 Å². The molecule has 0 aromatic heterocycles. The SMILES string of the molecule is CC(CCCNC(=O)[C@H]1CCCC[C@H]1NC(=O)OCC1c2ccccc2-c2ccccc21)C(=O)O. The van der Waals surface area contributed by atoms with Crippen LogP contribution < -0.4 is 10.6 Å².